The highest BCUT2D eigenvalue weighted by atomic mass is 16.5. The Bertz CT molecular complexity index is 1710. The molecule has 4 bridgehead atoms. The number of anilines is 2. The topological polar surface area (TPSA) is 132 Å². The number of hydrogen-bond acceptors (Lipinski definition) is 9. The molecule has 2 aliphatic heterocycles. The highest BCUT2D eigenvalue weighted by Crippen LogP contribution is 2.38. The van der Waals surface area contributed by atoms with Gasteiger partial charge in [-0.1, -0.05) is 0 Å². The number of aliphatic hydroxyl groups excluding tert-OH is 1. The van der Waals surface area contributed by atoms with Gasteiger partial charge in [-0.05, 0) is 75.3 Å². The predicted octanol–water partition coefficient (Wildman–Crippen LogP) is 3.39. The van der Waals surface area contributed by atoms with Crippen LogP contribution in [0.5, 0.6) is 5.88 Å². The number of carbonyl (C=O) groups excluding carboxylic acids is 1. The lowest BCUT2D eigenvalue weighted by atomic mass is 10.1. The van der Waals surface area contributed by atoms with Crippen LogP contribution < -0.4 is 20.3 Å². The number of methoxy groups -OCH3 is 1. The van der Waals surface area contributed by atoms with Crippen LogP contribution >= 0.6 is 0 Å². The van der Waals surface area contributed by atoms with Gasteiger partial charge < -0.3 is 29.4 Å². The van der Waals surface area contributed by atoms with Gasteiger partial charge in [-0.3, -0.25) is 15.1 Å². The number of rotatable bonds is 5. The largest absolute Gasteiger partial charge is 0.477 e. The lowest BCUT2D eigenvalue weighted by molar-refractivity contribution is 0.102. The Kier molecular flexibility index (Phi) is 8.19. The van der Waals surface area contributed by atoms with E-state index >= 15 is 0 Å². The summed E-state index contributed by atoms with van der Waals surface area (Å²) in [5.74, 6) is 1.71. The first-order valence-electron chi connectivity index (χ1n) is 16.0. The molecule has 0 radical (unpaired) electrons. The lowest BCUT2D eigenvalue weighted by Crippen LogP contribution is -2.52. The van der Waals surface area contributed by atoms with Crippen LogP contribution in [-0.4, -0.2) is 87.9 Å². The lowest BCUT2D eigenvalue weighted by Gasteiger charge is -2.35. The number of piperazine rings is 1. The first-order chi connectivity index (χ1) is 21.9. The first kappa shape index (κ1) is 29.7. The van der Waals surface area contributed by atoms with E-state index in [0.717, 1.165) is 73.4 Å². The zero-order valence-electron chi connectivity index (χ0n) is 26.3. The van der Waals surface area contributed by atoms with Crippen LogP contribution in [0.15, 0.2) is 30.3 Å². The summed E-state index contributed by atoms with van der Waals surface area (Å²) in [6.07, 6.45) is 3.14. The second-order valence-electron chi connectivity index (χ2n) is 12.7. The molecule has 238 valence electrons. The van der Waals surface area contributed by atoms with Crippen LogP contribution in [-0.2, 0) is 17.8 Å². The zero-order chi connectivity index (χ0) is 31.1. The number of nitrogens with one attached hydrogen (secondary N) is 2. The Morgan fingerprint density at radius 1 is 1.11 bits per heavy atom. The third-order valence-electron chi connectivity index (χ3n) is 9.36. The maximum Gasteiger partial charge on any atom is 0.258 e. The number of imidazole rings is 1. The third-order valence-corrected chi connectivity index (χ3v) is 9.36. The summed E-state index contributed by atoms with van der Waals surface area (Å²) >= 11 is 0. The SMILES string of the molecule is COC[C@H]1CN(c2ccc3nc4n(c3c2)C[C@@H]2CC[C@H](COc3c(c(C)nn3CCO)-c3cc(cc(C)n3)C(=O)N4)C2)CCN1. The fourth-order valence-corrected chi connectivity index (χ4v) is 7.26. The second kappa shape index (κ2) is 12.4. The number of carbonyl (C=O) groups is 1. The van der Waals surface area contributed by atoms with Gasteiger partial charge in [0.15, 0.2) is 0 Å². The standard InChI is InChI=1S/C33H42N8O4/c1-20-12-24-14-28(35-20)30-21(2)38-41(10-11-42)32(30)45-18-23-5-4-22(13-23)16-40-29-15-26(39-9-8-34-25(17-39)19-44-3)6-7-27(29)36-33(40)37-31(24)43/h6-7,12,14-15,22-23,25,34,42H,4-5,8-11,13,16-19H2,1-3H3,(H,36,37,43)/t22-,23+,25-/m1/s1. The van der Waals surface area contributed by atoms with Crippen molar-refractivity contribution in [2.24, 2.45) is 11.8 Å². The molecule has 1 aliphatic carbocycles. The monoisotopic (exact) mass is 614 g/mol. The van der Waals surface area contributed by atoms with Gasteiger partial charge in [-0.25, -0.2) is 9.67 Å². The summed E-state index contributed by atoms with van der Waals surface area (Å²) in [5.41, 5.74) is 6.34. The Morgan fingerprint density at radius 2 is 1.98 bits per heavy atom. The van der Waals surface area contributed by atoms with Crippen molar-refractivity contribution in [2.75, 3.05) is 56.8 Å². The fourth-order valence-electron chi connectivity index (χ4n) is 7.26. The van der Waals surface area contributed by atoms with Crippen molar-refractivity contribution in [1.29, 1.82) is 0 Å². The van der Waals surface area contributed by atoms with E-state index in [4.69, 9.17) is 19.4 Å². The minimum Gasteiger partial charge on any atom is -0.477 e. The molecule has 3 aliphatic rings. The van der Waals surface area contributed by atoms with Gasteiger partial charge in [0.05, 0.1) is 54.4 Å². The number of fused-ring (bicyclic) bond motifs is 9. The number of ether oxygens (including phenoxy) is 2. The summed E-state index contributed by atoms with van der Waals surface area (Å²) < 4.78 is 15.8. The van der Waals surface area contributed by atoms with E-state index < -0.39 is 0 Å². The van der Waals surface area contributed by atoms with Crippen molar-refractivity contribution in [3.8, 4) is 17.1 Å². The van der Waals surface area contributed by atoms with Crippen LogP contribution in [0.25, 0.3) is 22.3 Å². The molecule has 1 aromatic carbocycles. The maximum absolute atomic E-state index is 13.9. The number of benzene rings is 1. The van der Waals surface area contributed by atoms with E-state index in [9.17, 15) is 9.90 Å². The minimum atomic E-state index is -0.245. The molecule has 7 rings (SSSR count). The van der Waals surface area contributed by atoms with E-state index in [1.54, 1.807) is 23.9 Å². The summed E-state index contributed by atoms with van der Waals surface area (Å²) in [6.45, 7) is 8.71. The average molecular weight is 615 g/mol. The van der Waals surface area contributed by atoms with E-state index in [2.05, 4.69) is 43.4 Å². The van der Waals surface area contributed by atoms with Gasteiger partial charge in [0.1, 0.15) is 0 Å². The summed E-state index contributed by atoms with van der Waals surface area (Å²) in [4.78, 5) is 26.0. The number of aromatic nitrogens is 5. The van der Waals surface area contributed by atoms with Crippen LogP contribution in [0, 0.1) is 25.7 Å². The number of aliphatic hydroxyl groups is 1. The first-order valence-corrected chi connectivity index (χ1v) is 16.0. The molecule has 4 aromatic rings. The van der Waals surface area contributed by atoms with Crippen LogP contribution in [0.2, 0.25) is 0 Å². The quantitative estimate of drug-likeness (QED) is 0.310. The van der Waals surface area contributed by atoms with Crippen molar-refractivity contribution in [1.82, 2.24) is 29.6 Å². The van der Waals surface area contributed by atoms with Gasteiger partial charge in [0.25, 0.3) is 5.91 Å². The van der Waals surface area contributed by atoms with Crippen LogP contribution in [0.3, 0.4) is 0 Å². The highest BCUT2D eigenvalue weighted by molar-refractivity contribution is 6.05. The molecule has 1 saturated heterocycles. The van der Waals surface area contributed by atoms with Crippen molar-refractivity contribution in [3.05, 3.63) is 47.3 Å². The Morgan fingerprint density at radius 3 is 2.82 bits per heavy atom. The van der Waals surface area contributed by atoms with Crippen molar-refractivity contribution in [3.63, 3.8) is 0 Å². The van der Waals surface area contributed by atoms with E-state index in [1.807, 2.05) is 13.8 Å². The molecule has 3 atom stereocenters. The van der Waals surface area contributed by atoms with Crippen molar-refractivity contribution >= 4 is 28.6 Å². The molecule has 1 saturated carbocycles. The smallest absolute Gasteiger partial charge is 0.258 e. The fraction of sp³-hybridized carbons (Fsp3) is 0.515. The molecule has 45 heavy (non-hydrogen) atoms. The van der Waals surface area contributed by atoms with Gasteiger partial charge in [-0.2, -0.15) is 5.10 Å². The number of pyridine rings is 1. The molecule has 0 spiro atoms. The van der Waals surface area contributed by atoms with Gasteiger partial charge in [0, 0.05) is 56.3 Å². The molecule has 3 aromatic heterocycles. The summed E-state index contributed by atoms with van der Waals surface area (Å²) in [6, 6.07) is 10.3. The van der Waals surface area contributed by atoms with Crippen molar-refractivity contribution in [2.45, 2.75) is 52.2 Å². The van der Waals surface area contributed by atoms with Gasteiger partial charge in [0.2, 0.25) is 11.8 Å². The average Bonchev–Trinajstić information content (AvgIpc) is 3.71. The zero-order valence-corrected chi connectivity index (χ0v) is 26.3. The summed E-state index contributed by atoms with van der Waals surface area (Å²) in [5, 5.41) is 21.1. The van der Waals surface area contributed by atoms with Crippen molar-refractivity contribution < 1.29 is 19.4 Å². The number of amides is 1. The molecule has 3 N–H and O–H groups in total. The Hall–Kier alpha value is -4.00. The summed E-state index contributed by atoms with van der Waals surface area (Å²) in [7, 11) is 1.74. The number of hydrogen-bond donors (Lipinski definition) is 3. The minimum absolute atomic E-state index is 0.0547. The van der Waals surface area contributed by atoms with Gasteiger partial charge >= 0.3 is 0 Å². The molecular weight excluding hydrogens is 572 g/mol. The molecule has 12 heteroatoms. The van der Waals surface area contributed by atoms with Crippen LogP contribution in [0.1, 0.15) is 41.0 Å². The molecule has 2 fully saturated rings. The maximum atomic E-state index is 13.9. The molecule has 0 unspecified atom stereocenters. The van der Waals surface area contributed by atoms with E-state index in [-0.39, 0.29) is 18.6 Å². The Labute approximate surface area is 262 Å². The molecule has 12 nitrogen and oxygen atoms in total. The number of aryl methyl sites for hydroxylation is 2. The third kappa shape index (κ3) is 5.89. The molecular formula is C33H42N8O4. The van der Waals surface area contributed by atoms with Crippen LogP contribution in [0.4, 0.5) is 11.6 Å². The van der Waals surface area contributed by atoms with E-state index in [1.165, 1.54) is 0 Å². The normalized spacial score (nSPS) is 21.9. The highest BCUT2D eigenvalue weighted by Gasteiger charge is 2.30. The van der Waals surface area contributed by atoms with Gasteiger partial charge in [-0.15, -0.1) is 0 Å². The Balaban J connectivity index is 1.29. The predicted molar refractivity (Wildman–Crippen MR) is 172 cm³/mol. The molecule has 5 heterocycles. The van der Waals surface area contributed by atoms with E-state index in [0.29, 0.717) is 60.4 Å². The second-order valence-corrected chi connectivity index (χ2v) is 12.7. The molecule has 1 amide bonds. The number of nitrogens with zero attached hydrogens (tertiary/aromatic N) is 6.